The molecule has 1 aromatic carbocycles. The second kappa shape index (κ2) is 8.96. The van der Waals surface area contributed by atoms with E-state index in [0.717, 1.165) is 18.1 Å². The van der Waals surface area contributed by atoms with Crippen molar-refractivity contribution < 1.29 is 9.13 Å². The number of nitrogens with zero attached hydrogens (tertiary/aromatic N) is 2. The summed E-state index contributed by atoms with van der Waals surface area (Å²) in [7, 11) is 1.73. The summed E-state index contributed by atoms with van der Waals surface area (Å²) in [5.74, 6) is 1.21. The lowest BCUT2D eigenvalue weighted by Gasteiger charge is -2.11. The van der Waals surface area contributed by atoms with Crippen LogP contribution in [0.15, 0.2) is 65.1 Å². The van der Waals surface area contributed by atoms with Gasteiger partial charge in [0.15, 0.2) is 5.96 Å². The molecule has 2 aromatic heterocycles. The predicted molar refractivity (Wildman–Crippen MR) is 102 cm³/mol. The van der Waals surface area contributed by atoms with E-state index in [2.05, 4.69) is 26.7 Å². The maximum Gasteiger partial charge on any atom is 0.219 e. The highest BCUT2D eigenvalue weighted by Gasteiger charge is 2.03. The Labute approximate surface area is 155 Å². The zero-order valence-electron chi connectivity index (χ0n) is 14.3. The first-order chi connectivity index (χ1) is 12.7. The average Bonchev–Trinajstić information content (AvgIpc) is 3.17. The molecular weight excluding hydrogens is 351 g/mol. The second-order valence-corrected chi connectivity index (χ2v) is 6.46. The molecule has 0 fully saturated rings. The van der Waals surface area contributed by atoms with Gasteiger partial charge < -0.3 is 15.4 Å². The summed E-state index contributed by atoms with van der Waals surface area (Å²) in [5.41, 5.74) is 0.982. The van der Waals surface area contributed by atoms with Crippen LogP contribution in [0.2, 0.25) is 0 Å². The molecule has 2 heterocycles. The van der Waals surface area contributed by atoms with Gasteiger partial charge in [0, 0.05) is 36.8 Å². The van der Waals surface area contributed by atoms with Crippen molar-refractivity contribution >= 4 is 17.3 Å². The minimum Gasteiger partial charge on any atom is -0.439 e. The van der Waals surface area contributed by atoms with Gasteiger partial charge >= 0.3 is 0 Å². The van der Waals surface area contributed by atoms with Gasteiger partial charge in [0.2, 0.25) is 5.88 Å². The number of guanidine groups is 1. The van der Waals surface area contributed by atoms with E-state index in [1.54, 1.807) is 42.8 Å². The third-order valence-electron chi connectivity index (χ3n) is 3.51. The number of aromatic nitrogens is 1. The minimum absolute atomic E-state index is 0.343. The van der Waals surface area contributed by atoms with Crippen LogP contribution < -0.4 is 15.4 Å². The third kappa shape index (κ3) is 5.29. The van der Waals surface area contributed by atoms with E-state index in [9.17, 15) is 4.39 Å². The number of pyridine rings is 1. The molecule has 0 bridgehead atoms. The summed E-state index contributed by atoms with van der Waals surface area (Å²) in [5, 5.41) is 8.55. The molecule has 7 heteroatoms. The van der Waals surface area contributed by atoms with Crippen molar-refractivity contribution in [3.05, 3.63) is 76.4 Å². The average molecular weight is 370 g/mol. The van der Waals surface area contributed by atoms with Gasteiger partial charge in [0.1, 0.15) is 11.6 Å². The van der Waals surface area contributed by atoms with Crippen LogP contribution in [0.5, 0.6) is 11.6 Å². The molecule has 0 aliphatic heterocycles. The molecule has 0 radical (unpaired) electrons. The fourth-order valence-corrected chi connectivity index (χ4v) is 2.86. The molecule has 3 aromatic rings. The Kier molecular flexibility index (Phi) is 6.16. The molecule has 0 amide bonds. The normalized spacial score (nSPS) is 11.2. The maximum atomic E-state index is 13.2. The molecule has 2 N–H and O–H groups in total. The van der Waals surface area contributed by atoms with Crippen LogP contribution in [0.25, 0.3) is 0 Å². The van der Waals surface area contributed by atoms with E-state index >= 15 is 0 Å². The number of ether oxygens (including phenoxy) is 1. The van der Waals surface area contributed by atoms with Gasteiger partial charge in [-0.2, -0.15) is 0 Å². The molecular formula is C19H19FN4OS. The molecule has 0 saturated heterocycles. The monoisotopic (exact) mass is 370 g/mol. The SMILES string of the molecule is CN=C(NCc1ccc(Oc2cccc(F)c2)nc1)NCc1cccs1. The molecule has 5 nitrogen and oxygen atoms in total. The number of hydrogen-bond donors (Lipinski definition) is 2. The molecule has 0 aliphatic rings. The van der Waals surface area contributed by atoms with Crippen LogP contribution in [-0.2, 0) is 13.1 Å². The quantitative estimate of drug-likeness (QED) is 0.510. The third-order valence-corrected chi connectivity index (χ3v) is 4.39. The summed E-state index contributed by atoms with van der Waals surface area (Å²) < 4.78 is 18.7. The number of thiophene rings is 1. The Morgan fingerprint density at radius 1 is 1.15 bits per heavy atom. The Morgan fingerprint density at radius 3 is 2.73 bits per heavy atom. The van der Waals surface area contributed by atoms with E-state index in [0.29, 0.717) is 18.2 Å². The molecule has 0 aliphatic carbocycles. The smallest absolute Gasteiger partial charge is 0.219 e. The first-order valence-electron chi connectivity index (χ1n) is 8.08. The number of rotatable bonds is 6. The Hall–Kier alpha value is -2.93. The molecule has 0 atom stereocenters. The standard InChI is InChI=1S/C19H19FN4OS/c1-21-19(24-13-17-6-3-9-26-17)23-12-14-7-8-18(22-11-14)25-16-5-2-4-15(20)10-16/h2-11H,12-13H2,1H3,(H2,21,23,24). The van der Waals surface area contributed by atoms with Gasteiger partial charge in [-0.05, 0) is 29.1 Å². The van der Waals surface area contributed by atoms with Gasteiger partial charge in [0.25, 0.3) is 0 Å². The number of aliphatic imine (C=N–C) groups is 1. The summed E-state index contributed by atoms with van der Waals surface area (Å²) >= 11 is 1.70. The predicted octanol–water partition coefficient (Wildman–Crippen LogP) is 3.94. The lowest BCUT2D eigenvalue weighted by atomic mass is 10.3. The first-order valence-corrected chi connectivity index (χ1v) is 8.96. The lowest BCUT2D eigenvalue weighted by Crippen LogP contribution is -2.36. The zero-order chi connectivity index (χ0) is 18.2. The highest BCUT2D eigenvalue weighted by atomic mass is 32.1. The zero-order valence-corrected chi connectivity index (χ0v) is 15.1. The van der Waals surface area contributed by atoms with Crippen LogP contribution in [0.4, 0.5) is 4.39 Å². The van der Waals surface area contributed by atoms with Crippen molar-refractivity contribution in [2.45, 2.75) is 13.1 Å². The summed E-state index contributed by atoms with van der Waals surface area (Å²) in [4.78, 5) is 9.70. The minimum atomic E-state index is -0.343. The van der Waals surface area contributed by atoms with Gasteiger partial charge in [-0.15, -0.1) is 11.3 Å². The Balaban J connectivity index is 1.50. The summed E-state index contributed by atoms with van der Waals surface area (Å²) in [6, 6.07) is 13.7. The molecule has 26 heavy (non-hydrogen) atoms. The van der Waals surface area contributed by atoms with Crippen LogP contribution >= 0.6 is 11.3 Å². The number of halogens is 1. The van der Waals surface area contributed by atoms with Crippen molar-refractivity contribution in [1.82, 2.24) is 15.6 Å². The fraction of sp³-hybridized carbons (Fsp3) is 0.158. The van der Waals surface area contributed by atoms with Gasteiger partial charge in [0.05, 0.1) is 6.54 Å². The first kappa shape index (κ1) is 17.9. The van der Waals surface area contributed by atoms with Crippen LogP contribution in [0, 0.1) is 5.82 Å². The topological polar surface area (TPSA) is 58.5 Å². The van der Waals surface area contributed by atoms with Gasteiger partial charge in [-0.1, -0.05) is 18.2 Å². The van der Waals surface area contributed by atoms with Crippen LogP contribution in [-0.4, -0.2) is 18.0 Å². The van der Waals surface area contributed by atoms with Gasteiger partial charge in [-0.3, -0.25) is 4.99 Å². The van der Waals surface area contributed by atoms with Gasteiger partial charge in [-0.25, -0.2) is 9.37 Å². The molecule has 0 saturated carbocycles. The highest BCUT2D eigenvalue weighted by Crippen LogP contribution is 2.19. The Morgan fingerprint density at radius 2 is 2.04 bits per heavy atom. The van der Waals surface area contributed by atoms with Crippen molar-refractivity contribution in [2.75, 3.05) is 7.05 Å². The number of benzene rings is 1. The number of hydrogen-bond acceptors (Lipinski definition) is 4. The van der Waals surface area contributed by atoms with E-state index in [1.807, 2.05) is 17.5 Å². The molecule has 3 rings (SSSR count). The van der Waals surface area contributed by atoms with E-state index < -0.39 is 0 Å². The maximum absolute atomic E-state index is 13.2. The van der Waals surface area contributed by atoms with E-state index in [1.165, 1.54) is 17.0 Å². The van der Waals surface area contributed by atoms with Crippen molar-refractivity contribution in [1.29, 1.82) is 0 Å². The van der Waals surface area contributed by atoms with Crippen LogP contribution in [0.1, 0.15) is 10.4 Å². The highest BCUT2D eigenvalue weighted by molar-refractivity contribution is 7.09. The molecule has 0 unspecified atom stereocenters. The number of nitrogens with one attached hydrogen (secondary N) is 2. The molecule has 0 spiro atoms. The van der Waals surface area contributed by atoms with Crippen molar-refractivity contribution in [3.8, 4) is 11.6 Å². The largest absolute Gasteiger partial charge is 0.439 e. The van der Waals surface area contributed by atoms with E-state index in [4.69, 9.17) is 4.74 Å². The Bertz CT molecular complexity index is 850. The van der Waals surface area contributed by atoms with E-state index in [-0.39, 0.29) is 5.82 Å². The van der Waals surface area contributed by atoms with Crippen molar-refractivity contribution in [2.24, 2.45) is 4.99 Å². The summed E-state index contributed by atoms with van der Waals surface area (Å²) in [6.07, 6.45) is 1.72. The summed E-state index contributed by atoms with van der Waals surface area (Å²) in [6.45, 7) is 1.31. The van der Waals surface area contributed by atoms with Crippen LogP contribution in [0.3, 0.4) is 0 Å². The fourth-order valence-electron chi connectivity index (χ4n) is 2.22. The van der Waals surface area contributed by atoms with Crippen molar-refractivity contribution in [3.63, 3.8) is 0 Å². The molecule has 134 valence electrons. The second-order valence-electron chi connectivity index (χ2n) is 5.42. The lowest BCUT2D eigenvalue weighted by molar-refractivity contribution is 0.457.